The number of H-pyrrole nitrogens is 1. The summed E-state index contributed by atoms with van der Waals surface area (Å²) in [4.78, 5) is 19.8. The lowest BCUT2D eigenvalue weighted by Gasteiger charge is -2.14. The zero-order chi connectivity index (χ0) is 16.2. The second-order valence-corrected chi connectivity index (χ2v) is 5.49. The van der Waals surface area contributed by atoms with Crippen LogP contribution in [0.15, 0.2) is 60.9 Å². The van der Waals surface area contributed by atoms with E-state index >= 15 is 0 Å². The molecule has 2 N–H and O–H groups in total. The van der Waals surface area contributed by atoms with Gasteiger partial charge in [-0.1, -0.05) is 24.3 Å². The van der Waals surface area contributed by atoms with Gasteiger partial charge in [0.1, 0.15) is 5.69 Å². The number of para-hydroxylation sites is 1. The predicted octanol–water partition coefficient (Wildman–Crippen LogP) is 3.42. The van der Waals surface area contributed by atoms with Crippen molar-refractivity contribution in [3.8, 4) is 5.69 Å². The lowest BCUT2D eigenvalue weighted by atomic mass is 10.2. The third-order valence-electron chi connectivity index (χ3n) is 3.50. The lowest BCUT2D eigenvalue weighted by Crippen LogP contribution is -2.28. The number of hydrogen-bond acceptors (Lipinski definition) is 3. The summed E-state index contributed by atoms with van der Waals surface area (Å²) in [6.45, 7) is 1.90. The van der Waals surface area contributed by atoms with E-state index in [0.717, 1.165) is 11.4 Å². The Balaban J connectivity index is 1.88. The number of rotatable bonds is 4. The van der Waals surface area contributed by atoms with Crippen molar-refractivity contribution < 1.29 is 4.79 Å². The van der Waals surface area contributed by atoms with Gasteiger partial charge in [-0.25, -0.2) is 0 Å². The zero-order valence-electron chi connectivity index (χ0n) is 12.6. The Hall–Kier alpha value is -2.73. The van der Waals surface area contributed by atoms with Crippen LogP contribution in [0.1, 0.15) is 29.1 Å². The number of nitrogens with one attached hydrogen (secondary N) is 2. The van der Waals surface area contributed by atoms with E-state index in [0.29, 0.717) is 10.5 Å². The van der Waals surface area contributed by atoms with Crippen LogP contribution >= 0.6 is 12.2 Å². The minimum atomic E-state index is -0.209. The van der Waals surface area contributed by atoms with Gasteiger partial charge in [-0.05, 0) is 43.4 Å². The molecule has 0 radical (unpaired) electrons. The van der Waals surface area contributed by atoms with Crippen LogP contribution in [-0.4, -0.2) is 20.4 Å². The molecule has 3 aromatic rings. The molecule has 0 unspecified atom stereocenters. The van der Waals surface area contributed by atoms with Gasteiger partial charge in [0.15, 0.2) is 4.77 Å². The van der Waals surface area contributed by atoms with Crippen molar-refractivity contribution in [1.82, 2.24) is 19.9 Å². The Morgan fingerprint density at radius 3 is 2.65 bits per heavy atom. The van der Waals surface area contributed by atoms with E-state index in [1.807, 2.05) is 55.5 Å². The summed E-state index contributed by atoms with van der Waals surface area (Å²) in [6, 6.07) is 15.0. The summed E-state index contributed by atoms with van der Waals surface area (Å²) >= 11 is 5.30. The molecular weight excluding hydrogens is 308 g/mol. The Morgan fingerprint density at radius 2 is 1.96 bits per heavy atom. The Bertz CT molecular complexity index is 855. The molecule has 0 bridgehead atoms. The maximum absolute atomic E-state index is 12.6. The fourth-order valence-electron chi connectivity index (χ4n) is 2.35. The number of aromatic nitrogens is 3. The molecule has 116 valence electrons. The van der Waals surface area contributed by atoms with Gasteiger partial charge in [0.05, 0.1) is 11.7 Å². The number of imidazole rings is 1. The molecule has 1 amide bonds. The molecule has 23 heavy (non-hydrogen) atoms. The quantitative estimate of drug-likeness (QED) is 0.723. The van der Waals surface area contributed by atoms with Gasteiger partial charge in [-0.15, -0.1) is 0 Å². The summed E-state index contributed by atoms with van der Waals surface area (Å²) in [6.07, 6.45) is 3.33. The lowest BCUT2D eigenvalue weighted by molar-refractivity contribution is 0.0932. The molecule has 0 fully saturated rings. The van der Waals surface area contributed by atoms with Gasteiger partial charge in [0.2, 0.25) is 0 Å². The summed E-state index contributed by atoms with van der Waals surface area (Å²) < 4.78 is 2.20. The number of hydrogen-bond donors (Lipinski definition) is 2. The number of amides is 1. The second kappa shape index (κ2) is 6.58. The van der Waals surface area contributed by atoms with Crippen molar-refractivity contribution in [3.05, 3.63) is 77.1 Å². The highest BCUT2D eigenvalue weighted by Crippen LogP contribution is 2.14. The largest absolute Gasteiger partial charge is 0.343 e. The average Bonchev–Trinajstić information content (AvgIpc) is 2.98. The first-order valence-electron chi connectivity index (χ1n) is 7.24. The normalized spacial score (nSPS) is 11.9. The Labute approximate surface area is 139 Å². The molecule has 3 rings (SSSR count). The van der Waals surface area contributed by atoms with Crippen LogP contribution in [0.4, 0.5) is 0 Å². The third kappa shape index (κ3) is 3.22. The number of pyridine rings is 1. The fraction of sp³-hybridized carbons (Fsp3) is 0.118. The van der Waals surface area contributed by atoms with Crippen molar-refractivity contribution in [2.45, 2.75) is 13.0 Å². The smallest absolute Gasteiger partial charge is 0.270 e. The maximum Gasteiger partial charge on any atom is 0.270 e. The van der Waals surface area contributed by atoms with Crippen molar-refractivity contribution in [2.75, 3.05) is 0 Å². The first kappa shape index (κ1) is 15.2. The van der Waals surface area contributed by atoms with E-state index in [4.69, 9.17) is 12.2 Å². The molecule has 0 spiro atoms. The van der Waals surface area contributed by atoms with Crippen molar-refractivity contribution in [3.63, 3.8) is 0 Å². The number of carbonyl (C=O) groups is 1. The van der Waals surface area contributed by atoms with Gasteiger partial charge >= 0.3 is 0 Å². The first-order chi connectivity index (χ1) is 11.2. The molecule has 0 saturated carbocycles. The molecule has 5 nitrogen and oxygen atoms in total. The number of aromatic amines is 1. The van der Waals surface area contributed by atoms with Crippen LogP contribution in [0.3, 0.4) is 0 Å². The van der Waals surface area contributed by atoms with Crippen molar-refractivity contribution >= 4 is 18.1 Å². The van der Waals surface area contributed by atoms with Gasteiger partial charge in [-0.3, -0.25) is 14.3 Å². The standard InChI is InChI=1S/C17H16N4OS/c1-12(14-9-5-6-10-18-14)20-16(22)15-11-19-17(23)21(15)13-7-3-2-4-8-13/h2-12H,1H3,(H,19,23)(H,20,22)/t12-/m0/s1. The topological polar surface area (TPSA) is 62.7 Å². The molecule has 1 aromatic carbocycles. The van der Waals surface area contributed by atoms with Crippen LogP contribution in [0.25, 0.3) is 5.69 Å². The van der Waals surface area contributed by atoms with Crippen LogP contribution in [0, 0.1) is 4.77 Å². The molecule has 0 saturated heterocycles. The second-order valence-electron chi connectivity index (χ2n) is 5.10. The van der Waals surface area contributed by atoms with Crippen LogP contribution in [0.5, 0.6) is 0 Å². The predicted molar refractivity (Wildman–Crippen MR) is 91.1 cm³/mol. The molecule has 2 heterocycles. The highest BCUT2D eigenvalue weighted by atomic mass is 32.1. The number of benzene rings is 1. The maximum atomic E-state index is 12.6. The van der Waals surface area contributed by atoms with Crippen LogP contribution in [0.2, 0.25) is 0 Å². The summed E-state index contributed by atoms with van der Waals surface area (Å²) in [5.41, 5.74) is 2.11. The number of nitrogens with zero attached hydrogens (tertiary/aromatic N) is 2. The Morgan fingerprint density at radius 1 is 1.22 bits per heavy atom. The van der Waals surface area contributed by atoms with E-state index in [1.165, 1.54) is 0 Å². The molecule has 0 aliphatic carbocycles. The van der Waals surface area contributed by atoms with Crippen molar-refractivity contribution in [1.29, 1.82) is 0 Å². The first-order valence-corrected chi connectivity index (χ1v) is 7.65. The molecule has 0 aliphatic heterocycles. The van der Waals surface area contributed by atoms with Crippen LogP contribution in [-0.2, 0) is 0 Å². The monoisotopic (exact) mass is 324 g/mol. The third-order valence-corrected chi connectivity index (χ3v) is 3.80. The molecule has 6 heteroatoms. The summed E-state index contributed by atoms with van der Waals surface area (Å²) in [5, 5.41) is 2.95. The van der Waals surface area contributed by atoms with Crippen molar-refractivity contribution in [2.24, 2.45) is 0 Å². The minimum Gasteiger partial charge on any atom is -0.343 e. The van der Waals surface area contributed by atoms with E-state index < -0.39 is 0 Å². The molecule has 1 atom stereocenters. The van der Waals surface area contributed by atoms with E-state index in [1.54, 1.807) is 17.0 Å². The van der Waals surface area contributed by atoms with E-state index in [-0.39, 0.29) is 11.9 Å². The molecule has 0 aliphatic rings. The van der Waals surface area contributed by atoms with E-state index in [2.05, 4.69) is 15.3 Å². The van der Waals surface area contributed by atoms with E-state index in [9.17, 15) is 4.79 Å². The highest BCUT2D eigenvalue weighted by Gasteiger charge is 2.17. The Kier molecular flexibility index (Phi) is 4.34. The fourth-order valence-corrected chi connectivity index (χ4v) is 2.61. The molecular formula is C17H16N4OS. The van der Waals surface area contributed by atoms with Gasteiger partial charge < -0.3 is 10.3 Å². The van der Waals surface area contributed by atoms with Gasteiger partial charge in [-0.2, -0.15) is 0 Å². The average molecular weight is 324 g/mol. The summed E-state index contributed by atoms with van der Waals surface area (Å²) in [7, 11) is 0. The zero-order valence-corrected chi connectivity index (χ0v) is 13.4. The van der Waals surface area contributed by atoms with Gasteiger partial charge in [0.25, 0.3) is 5.91 Å². The minimum absolute atomic E-state index is 0.198. The number of carbonyl (C=O) groups excluding carboxylic acids is 1. The SMILES string of the molecule is C[C@H](NC(=O)c1c[nH]c(=S)n1-c1ccccc1)c1ccccn1. The summed E-state index contributed by atoms with van der Waals surface area (Å²) in [5.74, 6) is -0.209. The van der Waals surface area contributed by atoms with Crippen LogP contribution < -0.4 is 5.32 Å². The molecule has 2 aromatic heterocycles. The highest BCUT2D eigenvalue weighted by molar-refractivity contribution is 7.71. The van der Waals surface area contributed by atoms with Gasteiger partial charge in [0, 0.05) is 18.1 Å².